The summed E-state index contributed by atoms with van der Waals surface area (Å²) < 4.78 is 13.1. The molecule has 3 atom stereocenters. The number of nitrogens with zero attached hydrogens (tertiary/aromatic N) is 3. The fourth-order valence-electron chi connectivity index (χ4n) is 5.80. The van der Waals surface area contributed by atoms with E-state index in [1.54, 1.807) is 0 Å². The predicted octanol–water partition coefficient (Wildman–Crippen LogP) is 6.19. The van der Waals surface area contributed by atoms with Gasteiger partial charge in [-0.1, -0.05) is 67.8 Å². The molecule has 1 amide bonds. The number of amides is 1. The average Bonchev–Trinajstić information content (AvgIpc) is 3.02. The van der Waals surface area contributed by atoms with Crippen LogP contribution < -0.4 is 5.32 Å². The highest BCUT2D eigenvalue weighted by Gasteiger charge is 2.33. The van der Waals surface area contributed by atoms with E-state index in [0.717, 1.165) is 48.3 Å². The topological polar surface area (TPSA) is 96.8 Å². The number of rotatable bonds is 7. The molecule has 3 aromatic carbocycles. The Kier molecular flexibility index (Phi) is 9.15. The predicted molar refractivity (Wildman–Crippen MR) is 162 cm³/mol. The highest BCUT2D eigenvalue weighted by molar-refractivity contribution is 6.03. The Balaban J connectivity index is 1.16. The van der Waals surface area contributed by atoms with Crippen molar-refractivity contribution in [1.29, 1.82) is 0 Å². The van der Waals surface area contributed by atoms with Crippen molar-refractivity contribution in [3.05, 3.63) is 101 Å². The minimum Gasteiger partial charge on any atom is -0.392 e. The minimum absolute atomic E-state index is 0.0193. The van der Waals surface area contributed by atoms with Crippen molar-refractivity contribution in [2.24, 2.45) is 0 Å². The maximum Gasteiger partial charge on any atom is 0.275 e. The first kappa shape index (κ1) is 28.4. The lowest BCUT2D eigenvalue weighted by Gasteiger charge is -2.38. The van der Waals surface area contributed by atoms with E-state index in [1.807, 2.05) is 72.8 Å². The standard InChI is InChI=1S/C34H38N4O4/c39-23-24-10-12-25(13-11-24)32-20-28(22-38-18-6-2-1-3-7-19-38)41-34(42-32)26-14-16-27(17-15-26)36-33(40)31-21-35-29-8-4-5-9-30(29)37-31/h4-5,8-17,21,28,32,34,39H,1-3,6-7,18-20,22-23H2,(H,36,40). The summed E-state index contributed by atoms with van der Waals surface area (Å²) in [5.41, 5.74) is 5.20. The Morgan fingerprint density at radius 1 is 0.857 bits per heavy atom. The monoisotopic (exact) mass is 566 g/mol. The molecule has 4 aromatic rings. The highest BCUT2D eigenvalue weighted by Crippen LogP contribution is 2.38. The van der Waals surface area contributed by atoms with Crippen molar-refractivity contribution >= 4 is 22.6 Å². The number of likely N-dealkylation sites (tertiary alicyclic amines) is 1. The fraction of sp³-hybridized carbons (Fsp3) is 0.382. The van der Waals surface area contributed by atoms with E-state index in [2.05, 4.69) is 20.2 Å². The van der Waals surface area contributed by atoms with Gasteiger partial charge in [0.2, 0.25) is 0 Å². The molecule has 0 saturated carbocycles. The number of benzene rings is 3. The molecule has 8 heteroatoms. The third-order valence-electron chi connectivity index (χ3n) is 8.15. The van der Waals surface area contributed by atoms with Gasteiger partial charge in [0, 0.05) is 24.2 Å². The maximum absolute atomic E-state index is 12.9. The number of anilines is 1. The number of carbonyl (C=O) groups is 1. The third-order valence-corrected chi connectivity index (χ3v) is 8.15. The molecule has 8 nitrogen and oxygen atoms in total. The molecule has 2 aliphatic rings. The molecule has 42 heavy (non-hydrogen) atoms. The number of carbonyl (C=O) groups excluding carboxylic acids is 1. The van der Waals surface area contributed by atoms with Crippen LogP contribution in [0.1, 0.15) is 78.1 Å². The summed E-state index contributed by atoms with van der Waals surface area (Å²) >= 11 is 0. The van der Waals surface area contributed by atoms with Gasteiger partial charge in [0.05, 0.1) is 36.0 Å². The zero-order valence-corrected chi connectivity index (χ0v) is 23.8. The largest absolute Gasteiger partial charge is 0.392 e. The Bertz CT molecular complexity index is 1470. The van der Waals surface area contributed by atoms with Gasteiger partial charge in [-0.2, -0.15) is 0 Å². The number of para-hydroxylation sites is 2. The molecule has 6 rings (SSSR count). The summed E-state index contributed by atoms with van der Waals surface area (Å²) in [6.07, 6.45) is 8.03. The number of nitrogens with one attached hydrogen (secondary N) is 1. The number of hydrogen-bond donors (Lipinski definition) is 2. The summed E-state index contributed by atoms with van der Waals surface area (Å²) in [4.78, 5) is 24.2. The van der Waals surface area contributed by atoms with Crippen molar-refractivity contribution in [2.75, 3.05) is 25.0 Å². The first-order valence-corrected chi connectivity index (χ1v) is 15.0. The lowest BCUT2D eigenvalue weighted by Crippen LogP contribution is -2.40. The van der Waals surface area contributed by atoms with Crippen LogP contribution in [0.5, 0.6) is 0 Å². The van der Waals surface area contributed by atoms with Gasteiger partial charge in [0.1, 0.15) is 5.69 Å². The van der Waals surface area contributed by atoms with Crippen LogP contribution in [0.2, 0.25) is 0 Å². The smallest absolute Gasteiger partial charge is 0.275 e. The first-order valence-electron chi connectivity index (χ1n) is 15.0. The SMILES string of the molecule is O=C(Nc1ccc(C2OC(CN3CCCCCCC3)CC(c3ccc(CO)cc3)O2)cc1)c1cnc2ccccc2n1. The molecule has 2 aliphatic heterocycles. The second-order valence-electron chi connectivity index (χ2n) is 11.2. The summed E-state index contributed by atoms with van der Waals surface area (Å²) in [5.74, 6) is -0.314. The van der Waals surface area contributed by atoms with E-state index in [-0.39, 0.29) is 30.4 Å². The van der Waals surface area contributed by atoms with Crippen LogP contribution in [-0.4, -0.2) is 51.6 Å². The van der Waals surface area contributed by atoms with E-state index in [4.69, 9.17) is 9.47 Å². The van der Waals surface area contributed by atoms with E-state index < -0.39 is 6.29 Å². The second kappa shape index (κ2) is 13.5. The zero-order valence-electron chi connectivity index (χ0n) is 23.8. The Labute approximate surface area is 246 Å². The summed E-state index contributed by atoms with van der Waals surface area (Å²) in [5, 5.41) is 12.4. The lowest BCUT2D eigenvalue weighted by atomic mass is 9.99. The van der Waals surface area contributed by atoms with Gasteiger partial charge in [-0.25, -0.2) is 4.98 Å². The van der Waals surface area contributed by atoms with E-state index in [9.17, 15) is 9.90 Å². The van der Waals surface area contributed by atoms with Crippen LogP contribution in [0.15, 0.2) is 79.0 Å². The number of ether oxygens (including phenoxy) is 2. The van der Waals surface area contributed by atoms with Crippen LogP contribution >= 0.6 is 0 Å². The molecule has 3 unspecified atom stereocenters. The van der Waals surface area contributed by atoms with E-state index in [0.29, 0.717) is 11.2 Å². The molecule has 0 bridgehead atoms. The van der Waals surface area contributed by atoms with Gasteiger partial charge in [0.15, 0.2) is 6.29 Å². The Morgan fingerprint density at radius 2 is 1.55 bits per heavy atom. The molecule has 0 aliphatic carbocycles. The Morgan fingerprint density at radius 3 is 2.29 bits per heavy atom. The Hall–Kier alpha value is -3.69. The first-order chi connectivity index (χ1) is 20.6. The number of hydrogen-bond acceptors (Lipinski definition) is 7. The highest BCUT2D eigenvalue weighted by atomic mass is 16.7. The summed E-state index contributed by atoms with van der Waals surface area (Å²) in [7, 11) is 0. The zero-order chi connectivity index (χ0) is 28.7. The van der Waals surface area contributed by atoms with Crippen molar-refractivity contribution < 1.29 is 19.4 Å². The minimum atomic E-state index is -0.530. The third kappa shape index (κ3) is 7.02. The lowest BCUT2D eigenvalue weighted by molar-refractivity contribution is -0.253. The van der Waals surface area contributed by atoms with Gasteiger partial charge in [-0.05, 0) is 61.3 Å². The van der Waals surface area contributed by atoms with Crippen molar-refractivity contribution in [3.8, 4) is 0 Å². The van der Waals surface area contributed by atoms with Crippen LogP contribution in [0, 0.1) is 0 Å². The van der Waals surface area contributed by atoms with Crippen molar-refractivity contribution in [1.82, 2.24) is 14.9 Å². The van der Waals surface area contributed by atoms with E-state index >= 15 is 0 Å². The molecule has 0 spiro atoms. The van der Waals surface area contributed by atoms with Crippen molar-refractivity contribution in [2.45, 2.75) is 63.6 Å². The molecule has 0 radical (unpaired) electrons. The van der Waals surface area contributed by atoms with Crippen LogP contribution in [-0.2, 0) is 16.1 Å². The molecule has 2 N–H and O–H groups in total. The molecule has 2 saturated heterocycles. The summed E-state index contributed by atoms with van der Waals surface area (Å²) in [6, 6.07) is 23.1. The number of fused-ring (bicyclic) bond motifs is 1. The normalized spacial score (nSPS) is 21.9. The molecule has 2 fully saturated rings. The van der Waals surface area contributed by atoms with Crippen molar-refractivity contribution in [3.63, 3.8) is 0 Å². The van der Waals surface area contributed by atoms with Gasteiger partial charge in [-0.3, -0.25) is 9.78 Å². The number of aliphatic hydroxyl groups excluding tert-OH is 1. The van der Waals surface area contributed by atoms with E-state index in [1.165, 1.54) is 38.3 Å². The summed E-state index contributed by atoms with van der Waals surface area (Å²) in [6.45, 7) is 3.12. The molecule has 3 heterocycles. The fourth-order valence-corrected chi connectivity index (χ4v) is 5.80. The van der Waals surface area contributed by atoms with Crippen LogP contribution in [0.4, 0.5) is 5.69 Å². The average molecular weight is 567 g/mol. The quantitative estimate of drug-likeness (QED) is 0.276. The molecule has 218 valence electrons. The van der Waals surface area contributed by atoms with Gasteiger partial charge >= 0.3 is 0 Å². The molecular weight excluding hydrogens is 528 g/mol. The van der Waals surface area contributed by atoms with Crippen LogP contribution in [0.3, 0.4) is 0 Å². The second-order valence-corrected chi connectivity index (χ2v) is 11.2. The maximum atomic E-state index is 12.9. The number of aliphatic hydroxyl groups is 1. The van der Waals surface area contributed by atoms with Crippen LogP contribution in [0.25, 0.3) is 11.0 Å². The molecule has 1 aromatic heterocycles. The van der Waals surface area contributed by atoms with Gasteiger partial charge in [0.25, 0.3) is 5.91 Å². The van der Waals surface area contributed by atoms with Gasteiger partial charge < -0.3 is 24.8 Å². The van der Waals surface area contributed by atoms with Gasteiger partial charge in [-0.15, -0.1) is 0 Å². The number of aromatic nitrogens is 2. The molecular formula is C34H38N4O4.